The fourth-order valence-corrected chi connectivity index (χ4v) is 2.95. The van der Waals surface area contributed by atoms with Gasteiger partial charge in [-0.2, -0.15) is 0 Å². The predicted octanol–water partition coefficient (Wildman–Crippen LogP) is 5.49. The molecule has 0 saturated heterocycles. The Morgan fingerprint density at radius 3 is 2.09 bits per heavy atom. The van der Waals surface area contributed by atoms with Crippen LogP contribution in [-0.2, 0) is 6.42 Å². The molecule has 0 aliphatic rings. The van der Waals surface area contributed by atoms with Crippen LogP contribution in [0.25, 0.3) is 22.0 Å². The van der Waals surface area contributed by atoms with Crippen molar-refractivity contribution in [2.24, 2.45) is 0 Å². The number of aromatic nitrogens is 1. The summed E-state index contributed by atoms with van der Waals surface area (Å²) in [6.45, 7) is 0. The molecule has 4 aromatic rings. The van der Waals surface area contributed by atoms with Gasteiger partial charge < -0.3 is 0 Å². The van der Waals surface area contributed by atoms with E-state index in [0.29, 0.717) is 0 Å². The van der Waals surface area contributed by atoms with Gasteiger partial charge in [0.1, 0.15) is 0 Å². The summed E-state index contributed by atoms with van der Waals surface area (Å²) >= 11 is 0. The topological polar surface area (TPSA) is 12.9 Å². The Balaban J connectivity index is 1.87. The maximum Gasteiger partial charge on any atom is 0.0711 e. The Labute approximate surface area is 136 Å². The Morgan fingerprint density at radius 1 is 0.652 bits per heavy atom. The molecule has 0 radical (unpaired) electrons. The highest BCUT2D eigenvalue weighted by molar-refractivity contribution is 5.88. The second kappa shape index (κ2) is 6.05. The predicted molar refractivity (Wildman–Crippen MR) is 96.4 cm³/mol. The number of hydrogen-bond acceptors (Lipinski definition) is 1. The lowest BCUT2D eigenvalue weighted by Crippen LogP contribution is -1.96. The molecular weight excluding hydrogens is 278 g/mol. The van der Waals surface area contributed by atoms with Crippen LogP contribution in [0.3, 0.4) is 0 Å². The minimum absolute atomic E-state index is 0.849. The van der Waals surface area contributed by atoms with Crippen molar-refractivity contribution >= 4 is 10.8 Å². The van der Waals surface area contributed by atoms with E-state index in [0.717, 1.165) is 23.4 Å². The molecule has 1 heteroatoms. The van der Waals surface area contributed by atoms with Gasteiger partial charge in [-0.3, -0.25) is 4.98 Å². The summed E-state index contributed by atoms with van der Waals surface area (Å²) in [5, 5.41) is 2.48. The van der Waals surface area contributed by atoms with Gasteiger partial charge in [-0.25, -0.2) is 0 Å². The van der Waals surface area contributed by atoms with Crippen molar-refractivity contribution in [3.63, 3.8) is 0 Å². The second-order valence-electron chi connectivity index (χ2n) is 5.70. The summed E-state index contributed by atoms with van der Waals surface area (Å²) in [4.78, 5) is 4.97. The third-order valence-electron chi connectivity index (χ3n) is 4.10. The van der Waals surface area contributed by atoms with E-state index in [1.54, 1.807) is 0 Å². The molecule has 0 amide bonds. The molecular formula is C22H17N. The average molecular weight is 295 g/mol. The van der Waals surface area contributed by atoms with Crippen LogP contribution in [0, 0.1) is 0 Å². The Morgan fingerprint density at radius 2 is 1.30 bits per heavy atom. The molecule has 0 unspecified atom stereocenters. The van der Waals surface area contributed by atoms with E-state index in [1.165, 1.54) is 16.3 Å². The molecule has 1 aromatic heterocycles. The van der Waals surface area contributed by atoms with Gasteiger partial charge in [-0.1, -0.05) is 84.9 Å². The number of fused-ring (bicyclic) bond motifs is 1. The molecule has 1 nitrogen and oxygen atoms in total. The van der Waals surface area contributed by atoms with Gasteiger partial charge in [-0.15, -0.1) is 0 Å². The first-order chi connectivity index (χ1) is 11.4. The number of hydrogen-bond donors (Lipinski definition) is 0. The van der Waals surface area contributed by atoms with Crippen LogP contribution in [0.5, 0.6) is 0 Å². The van der Waals surface area contributed by atoms with Crippen LogP contribution in [0.4, 0.5) is 0 Å². The van der Waals surface area contributed by atoms with Crippen molar-refractivity contribution in [3.05, 3.63) is 102 Å². The van der Waals surface area contributed by atoms with Crippen molar-refractivity contribution < 1.29 is 0 Å². The van der Waals surface area contributed by atoms with Gasteiger partial charge in [0.05, 0.1) is 11.4 Å². The Hall–Kier alpha value is -2.93. The van der Waals surface area contributed by atoms with Crippen LogP contribution in [0.2, 0.25) is 0 Å². The molecule has 0 atom stereocenters. The lowest BCUT2D eigenvalue weighted by atomic mass is 10.0. The molecule has 4 rings (SSSR count). The van der Waals surface area contributed by atoms with E-state index in [4.69, 9.17) is 4.98 Å². The fourth-order valence-electron chi connectivity index (χ4n) is 2.95. The Kier molecular flexibility index (Phi) is 3.61. The SMILES string of the molecule is c1ccc(Cc2nc(-c3ccccc3)cc3ccccc23)cc1. The zero-order chi connectivity index (χ0) is 15.5. The van der Waals surface area contributed by atoms with Crippen molar-refractivity contribution in [1.82, 2.24) is 4.98 Å². The van der Waals surface area contributed by atoms with Crippen LogP contribution in [0.1, 0.15) is 11.3 Å². The molecule has 1 heterocycles. The number of benzene rings is 3. The van der Waals surface area contributed by atoms with E-state index in [2.05, 4.69) is 84.9 Å². The number of rotatable bonds is 3. The van der Waals surface area contributed by atoms with Crippen LogP contribution >= 0.6 is 0 Å². The molecule has 3 aromatic carbocycles. The highest BCUT2D eigenvalue weighted by Crippen LogP contribution is 2.26. The van der Waals surface area contributed by atoms with E-state index in [1.807, 2.05) is 6.07 Å². The zero-order valence-electron chi connectivity index (χ0n) is 12.8. The number of nitrogens with zero attached hydrogens (tertiary/aromatic N) is 1. The highest BCUT2D eigenvalue weighted by atomic mass is 14.7. The molecule has 0 aliphatic carbocycles. The minimum Gasteiger partial charge on any atom is -0.252 e. The molecule has 0 fully saturated rings. The van der Waals surface area contributed by atoms with Gasteiger partial charge >= 0.3 is 0 Å². The second-order valence-corrected chi connectivity index (χ2v) is 5.70. The first kappa shape index (κ1) is 13.7. The molecule has 0 saturated carbocycles. The van der Waals surface area contributed by atoms with Crippen LogP contribution in [0.15, 0.2) is 91.0 Å². The molecule has 0 N–H and O–H groups in total. The normalized spacial score (nSPS) is 10.8. The monoisotopic (exact) mass is 295 g/mol. The van der Waals surface area contributed by atoms with E-state index >= 15 is 0 Å². The summed E-state index contributed by atoms with van der Waals surface area (Å²) in [7, 11) is 0. The maximum absolute atomic E-state index is 4.97. The van der Waals surface area contributed by atoms with Gasteiger partial charge in [-0.05, 0) is 17.0 Å². The van der Waals surface area contributed by atoms with Crippen LogP contribution in [-0.4, -0.2) is 4.98 Å². The minimum atomic E-state index is 0.849. The maximum atomic E-state index is 4.97. The first-order valence-corrected chi connectivity index (χ1v) is 7.88. The first-order valence-electron chi connectivity index (χ1n) is 7.88. The van der Waals surface area contributed by atoms with Gasteiger partial charge in [0, 0.05) is 17.4 Å². The van der Waals surface area contributed by atoms with Crippen molar-refractivity contribution in [2.45, 2.75) is 6.42 Å². The lowest BCUT2D eigenvalue weighted by molar-refractivity contribution is 1.10. The quantitative estimate of drug-likeness (QED) is 0.487. The standard InChI is InChI=1S/C22H17N/c1-3-9-17(10-4-1)15-22-20-14-8-7-13-19(20)16-21(23-22)18-11-5-2-6-12-18/h1-14,16H,15H2. The summed E-state index contributed by atoms with van der Waals surface area (Å²) in [6.07, 6.45) is 0.849. The zero-order valence-corrected chi connectivity index (χ0v) is 12.8. The molecule has 23 heavy (non-hydrogen) atoms. The summed E-state index contributed by atoms with van der Waals surface area (Å²) in [6, 6.07) is 31.6. The lowest BCUT2D eigenvalue weighted by Gasteiger charge is -2.10. The third kappa shape index (κ3) is 2.86. The number of pyridine rings is 1. The van der Waals surface area contributed by atoms with Crippen LogP contribution < -0.4 is 0 Å². The van der Waals surface area contributed by atoms with E-state index < -0.39 is 0 Å². The smallest absolute Gasteiger partial charge is 0.0711 e. The summed E-state index contributed by atoms with van der Waals surface area (Å²) < 4.78 is 0. The highest BCUT2D eigenvalue weighted by Gasteiger charge is 2.08. The molecule has 0 spiro atoms. The van der Waals surface area contributed by atoms with Gasteiger partial charge in [0.15, 0.2) is 0 Å². The largest absolute Gasteiger partial charge is 0.252 e. The van der Waals surface area contributed by atoms with Gasteiger partial charge in [0.2, 0.25) is 0 Å². The van der Waals surface area contributed by atoms with Crippen molar-refractivity contribution in [3.8, 4) is 11.3 Å². The van der Waals surface area contributed by atoms with Crippen molar-refractivity contribution in [2.75, 3.05) is 0 Å². The van der Waals surface area contributed by atoms with E-state index in [9.17, 15) is 0 Å². The summed E-state index contributed by atoms with van der Waals surface area (Å²) in [5.74, 6) is 0. The molecule has 0 bridgehead atoms. The molecule has 110 valence electrons. The average Bonchev–Trinajstić information content (AvgIpc) is 2.63. The third-order valence-corrected chi connectivity index (χ3v) is 4.10. The molecule has 0 aliphatic heterocycles. The van der Waals surface area contributed by atoms with Crippen molar-refractivity contribution in [1.29, 1.82) is 0 Å². The fraction of sp³-hybridized carbons (Fsp3) is 0.0455. The summed E-state index contributed by atoms with van der Waals surface area (Å²) in [5.41, 5.74) is 4.62. The van der Waals surface area contributed by atoms with E-state index in [-0.39, 0.29) is 0 Å². The van der Waals surface area contributed by atoms with Gasteiger partial charge in [0.25, 0.3) is 0 Å². The Bertz CT molecular complexity index is 928.